The van der Waals surface area contributed by atoms with Crippen LogP contribution in [0.25, 0.3) is 0 Å². The predicted octanol–water partition coefficient (Wildman–Crippen LogP) is 1.76. The summed E-state index contributed by atoms with van der Waals surface area (Å²) in [5.74, 6) is -1.19. The number of carbonyl (C=O) groups is 1. The van der Waals surface area contributed by atoms with Gasteiger partial charge in [-0.2, -0.15) is 0 Å². The summed E-state index contributed by atoms with van der Waals surface area (Å²) < 4.78 is 0. The van der Waals surface area contributed by atoms with E-state index in [0.29, 0.717) is 0 Å². The molecule has 0 saturated carbocycles. The minimum Gasteiger partial charge on any atom is -0.481 e. The van der Waals surface area contributed by atoms with Gasteiger partial charge in [0.05, 0.1) is 17.4 Å². The summed E-state index contributed by atoms with van der Waals surface area (Å²) in [4.78, 5) is 20.2. The number of aliphatic carboxylic acids is 1. The number of nitro groups is 1. The molecule has 0 radical (unpaired) electrons. The number of aliphatic hydroxyl groups excluding tert-OH is 1. The third-order valence-corrected chi connectivity index (χ3v) is 2.24. The van der Waals surface area contributed by atoms with Crippen LogP contribution in [0, 0.1) is 10.1 Å². The van der Waals surface area contributed by atoms with Gasteiger partial charge in [0.25, 0.3) is 5.69 Å². The maximum atomic E-state index is 10.5. The molecule has 86 valence electrons. The number of aliphatic hydroxyl groups is 1. The van der Waals surface area contributed by atoms with Crippen molar-refractivity contribution in [2.45, 2.75) is 12.5 Å². The van der Waals surface area contributed by atoms with Crippen LogP contribution in [-0.4, -0.2) is 21.1 Å². The molecular weight excluding hydrogens is 238 g/mol. The number of nitro benzene ring substituents is 1. The van der Waals surface area contributed by atoms with E-state index in [1.165, 1.54) is 12.1 Å². The number of halogens is 1. The van der Waals surface area contributed by atoms with Crippen molar-refractivity contribution in [3.63, 3.8) is 0 Å². The Hall–Kier alpha value is -1.66. The van der Waals surface area contributed by atoms with Gasteiger partial charge in [-0.25, -0.2) is 0 Å². The van der Waals surface area contributed by atoms with Crippen LogP contribution in [0.5, 0.6) is 0 Å². The summed E-state index contributed by atoms with van der Waals surface area (Å²) in [6.07, 6.45) is -1.80. The third-order valence-electron chi connectivity index (χ3n) is 1.92. The smallest absolute Gasteiger partial charge is 0.306 e. The fourth-order valence-corrected chi connectivity index (χ4v) is 1.35. The van der Waals surface area contributed by atoms with Crippen molar-refractivity contribution in [2.75, 3.05) is 0 Å². The molecule has 0 amide bonds. The quantitative estimate of drug-likeness (QED) is 0.622. The van der Waals surface area contributed by atoms with E-state index in [0.717, 1.165) is 6.07 Å². The molecule has 0 fully saturated rings. The van der Waals surface area contributed by atoms with Gasteiger partial charge in [-0.3, -0.25) is 14.9 Å². The molecule has 2 N–H and O–H groups in total. The van der Waals surface area contributed by atoms with Crippen LogP contribution in [0.3, 0.4) is 0 Å². The van der Waals surface area contributed by atoms with Gasteiger partial charge in [0.2, 0.25) is 0 Å². The lowest BCUT2D eigenvalue weighted by Gasteiger charge is -2.08. The van der Waals surface area contributed by atoms with Gasteiger partial charge in [-0.1, -0.05) is 17.7 Å². The molecule has 0 heterocycles. The van der Waals surface area contributed by atoms with Gasteiger partial charge in [0.1, 0.15) is 5.02 Å². The zero-order valence-electron chi connectivity index (χ0n) is 7.96. The normalized spacial score (nSPS) is 12.1. The number of rotatable bonds is 4. The van der Waals surface area contributed by atoms with Gasteiger partial charge in [-0.05, 0) is 11.6 Å². The summed E-state index contributed by atoms with van der Waals surface area (Å²) in [5.41, 5.74) is -0.206. The van der Waals surface area contributed by atoms with Crippen molar-refractivity contribution in [1.29, 1.82) is 0 Å². The fourth-order valence-electron chi connectivity index (χ4n) is 1.16. The average Bonchev–Trinajstić information content (AvgIpc) is 2.16. The van der Waals surface area contributed by atoms with Crippen molar-refractivity contribution < 1.29 is 19.9 Å². The molecule has 16 heavy (non-hydrogen) atoms. The maximum Gasteiger partial charge on any atom is 0.306 e. The first kappa shape index (κ1) is 12.4. The molecule has 0 aromatic heterocycles. The average molecular weight is 246 g/mol. The van der Waals surface area contributed by atoms with Crippen LogP contribution >= 0.6 is 11.6 Å². The van der Waals surface area contributed by atoms with E-state index in [4.69, 9.17) is 16.7 Å². The highest BCUT2D eigenvalue weighted by atomic mass is 35.5. The summed E-state index contributed by atoms with van der Waals surface area (Å²) >= 11 is 5.56. The lowest BCUT2D eigenvalue weighted by atomic mass is 10.1. The molecule has 0 aliphatic rings. The number of nitrogens with zero attached hydrogens (tertiary/aromatic N) is 1. The minimum atomic E-state index is -1.28. The highest BCUT2D eigenvalue weighted by Gasteiger charge is 2.18. The van der Waals surface area contributed by atoms with Gasteiger partial charge in [0, 0.05) is 6.07 Å². The summed E-state index contributed by atoms with van der Waals surface area (Å²) in [6, 6.07) is 3.67. The number of benzene rings is 1. The van der Waals surface area contributed by atoms with Crippen molar-refractivity contribution >= 4 is 23.3 Å². The van der Waals surface area contributed by atoms with E-state index in [9.17, 15) is 20.0 Å². The number of carboxylic acids is 1. The van der Waals surface area contributed by atoms with Gasteiger partial charge in [0.15, 0.2) is 0 Å². The first-order valence-electron chi connectivity index (χ1n) is 4.25. The second kappa shape index (κ2) is 4.91. The second-order valence-electron chi connectivity index (χ2n) is 3.08. The molecule has 1 atom stereocenters. The number of carboxylic acid groups (broad SMARTS) is 1. The Labute approximate surface area is 95.2 Å². The lowest BCUT2D eigenvalue weighted by Crippen LogP contribution is -2.05. The molecule has 1 aromatic carbocycles. The largest absolute Gasteiger partial charge is 0.481 e. The Morgan fingerprint density at radius 2 is 2.19 bits per heavy atom. The van der Waals surface area contributed by atoms with E-state index in [1.807, 2.05) is 0 Å². The lowest BCUT2D eigenvalue weighted by molar-refractivity contribution is -0.384. The molecule has 0 unspecified atom stereocenters. The Bertz CT molecular complexity index is 434. The first-order valence-corrected chi connectivity index (χ1v) is 4.63. The van der Waals surface area contributed by atoms with E-state index in [2.05, 4.69) is 0 Å². The van der Waals surface area contributed by atoms with Crippen LogP contribution in [0.4, 0.5) is 5.69 Å². The molecule has 0 bridgehead atoms. The minimum absolute atomic E-state index is 0.0590. The molecule has 0 aliphatic carbocycles. The Morgan fingerprint density at radius 1 is 1.56 bits per heavy atom. The molecule has 1 aromatic rings. The highest BCUT2D eigenvalue weighted by Crippen LogP contribution is 2.28. The Balaban J connectivity index is 3.02. The molecule has 0 saturated heterocycles. The van der Waals surface area contributed by atoms with Crippen molar-refractivity contribution in [3.8, 4) is 0 Å². The molecule has 0 spiro atoms. The first-order chi connectivity index (χ1) is 7.41. The van der Waals surface area contributed by atoms with E-state index < -0.39 is 23.4 Å². The molecule has 7 heteroatoms. The predicted molar refractivity (Wildman–Crippen MR) is 55.3 cm³/mol. The van der Waals surface area contributed by atoms with Crippen LogP contribution in [0.1, 0.15) is 18.1 Å². The third kappa shape index (κ3) is 2.91. The molecule has 0 aliphatic heterocycles. The van der Waals surface area contributed by atoms with Crippen LogP contribution in [-0.2, 0) is 4.79 Å². The van der Waals surface area contributed by atoms with Crippen LogP contribution in [0.2, 0.25) is 5.02 Å². The maximum absolute atomic E-state index is 10.5. The van der Waals surface area contributed by atoms with Crippen molar-refractivity contribution in [1.82, 2.24) is 0 Å². The number of hydrogen-bond acceptors (Lipinski definition) is 4. The second-order valence-corrected chi connectivity index (χ2v) is 3.49. The van der Waals surface area contributed by atoms with Gasteiger partial charge >= 0.3 is 5.97 Å². The monoisotopic (exact) mass is 245 g/mol. The van der Waals surface area contributed by atoms with Gasteiger partial charge in [-0.15, -0.1) is 0 Å². The van der Waals surface area contributed by atoms with E-state index in [-0.39, 0.29) is 16.3 Å². The summed E-state index contributed by atoms with van der Waals surface area (Å²) in [6.45, 7) is 0. The zero-order chi connectivity index (χ0) is 12.3. The Morgan fingerprint density at radius 3 is 2.69 bits per heavy atom. The van der Waals surface area contributed by atoms with Crippen LogP contribution < -0.4 is 0 Å². The molecular formula is C9H8ClNO5. The zero-order valence-corrected chi connectivity index (χ0v) is 8.72. The standard InChI is InChI=1S/C9H8ClNO5/c10-6-2-1-5(3-7(6)11(15)16)8(12)4-9(13)14/h1-3,8,12H,4H2,(H,13,14)/t8-/m0/s1. The fraction of sp³-hybridized carbons (Fsp3) is 0.222. The Kier molecular flexibility index (Phi) is 3.81. The van der Waals surface area contributed by atoms with E-state index in [1.54, 1.807) is 0 Å². The molecule has 6 nitrogen and oxygen atoms in total. The van der Waals surface area contributed by atoms with Crippen molar-refractivity contribution in [2.24, 2.45) is 0 Å². The van der Waals surface area contributed by atoms with Gasteiger partial charge < -0.3 is 10.2 Å². The van der Waals surface area contributed by atoms with E-state index >= 15 is 0 Å². The number of hydrogen-bond donors (Lipinski definition) is 2. The highest BCUT2D eigenvalue weighted by molar-refractivity contribution is 6.32. The van der Waals surface area contributed by atoms with Crippen LogP contribution in [0.15, 0.2) is 18.2 Å². The summed E-state index contributed by atoms with van der Waals surface area (Å²) in [5, 5.41) is 28.4. The molecule has 1 rings (SSSR count). The SMILES string of the molecule is O=C(O)C[C@H](O)c1ccc(Cl)c([N+](=O)[O-])c1. The summed E-state index contributed by atoms with van der Waals surface area (Å²) in [7, 11) is 0. The topological polar surface area (TPSA) is 101 Å². The van der Waals surface area contributed by atoms with Crippen molar-refractivity contribution in [3.05, 3.63) is 38.9 Å².